The van der Waals surface area contributed by atoms with Gasteiger partial charge in [-0.25, -0.2) is 9.67 Å². The van der Waals surface area contributed by atoms with Gasteiger partial charge in [-0.2, -0.15) is 5.10 Å². The number of carbonyl (C=O) groups is 1. The van der Waals surface area contributed by atoms with E-state index in [9.17, 15) is 4.79 Å². The van der Waals surface area contributed by atoms with Crippen molar-refractivity contribution in [1.82, 2.24) is 14.8 Å². The summed E-state index contributed by atoms with van der Waals surface area (Å²) in [6.07, 6.45) is 5.62. The van der Waals surface area contributed by atoms with Crippen molar-refractivity contribution in [3.63, 3.8) is 0 Å². The molecule has 1 fully saturated rings. The molecule has 118 valence electrons. The first-order valence-electron chi connectivity index (χ1n) is 8.04. The molecule has 21 heavy (non-hydrogen) atoms. The lowest BCUT2D eigenvalue weighted by Gasteiger charge is -2.37. The summed E-state index contributed by atoms with van der Waals surface area (Å²) < 4.78 is 7.75. The molecule has 0 radical (unpaired) electrons. The number of ketones is 1. The van der Waals surface area contributed by atoms with Crippen LogP contribution in [-0.2, 0) is 16.0 Å². The number of rotatable bonds is 6. The van der Waals surface area contributed by atoms with E-state index >= 15 is 0 Å². The quantitative estimate of drug-likeness (QED) is 0.809. The minimum atomic E-state index is -0.602. The third kappa shape index (κ3) is 3.51. The zero-order valence-electron chi connectivity index (χ0n) is 13.6. The van der Waals surface area contributed by atoms with Crippen molar-refractivity contribution in [1.29, 1.82) is 0 Å². The summed E-state index contributed by atoms with van der Waals surface area (Å²) in [5.41, 5.74) is -0.602. The molecule has 0 atom stereocenters. The Morgan fingerprint density at radius 2 is 2.14 bits per heavy atom. The first kappa shape index (κ1) is 16.1. The zero-order valence-corrected chi connectivity index (χ0v) is 13.6. The van der Waals surface area contributed by atoms with Gasteiger partial charge < -0.3 is 4.74 Å². The Labute approximate surface area is 127 Å². The van der Waals surface area contributed by atoms with E-state index in [0.29, 0.717) is 18.9 Å². The molecule has 0 aliphatic heterocycles. The first-order chi connectivity index (χ1) is 9.98. The molecule has 1 heterocycles. The van der Waals surface area contributed by atoms with Crippen molar-refractivity contribution in [2.45, 2.75) is 71.4 Å². The highest BCUT2D eigenvalue weighted by Gasteiger charge is 2.41. The lowest BCUT2D eigenvalue weighted by atomic mass is 9.76. The number of carbonyl (C=O) groups excluding carboxylic acids is 1. The second-order valence-electron chi connectivity index (χ2n) is 6.42. The van der Waals surface area contributed by atoms with Crippen LogP contribution in [0.2, 0.25) is 0 Å². The first-order valence-corrected chi connectivity index (χ1v) is 8.04. The molecule has 1 aromatic heterocycles. The number of nitrogens with zero attached hydrogens (tertiary/aromatic N) is 3. The second kappa shape index (κ2) is 6.69. The molecule has 1 aromatic rings. The molecule has 0 N–H and O–H groups in total. The van der Waals surface area contributed by atoms with E-state index in [1.165, 1.54) is 6.33 Å². The molecule has 0 aromatic carbocycles. The van der Waals surface area contributed by atoms with E-state index in [-0.39, 0.29) is 11.8 Å². The number of hydrogen-bond acceptors (Lipinski definition) is 4. The topological polar surface area (TPSA) is 57.0 Å². The molecule has 0 unspecified atom stereocenters. The molecular formula is C16H27N3O2. The predicted molar refractivity (Wildman–Crippen MR) is 81.1 cm³/mol. The Bertz CT molecular complexity index is 474. The molecule has 1 saturated carbocycles. The van der Waals surface area contributed by atoms with Gasteiger partial charge in [-0.15, -0.1) is 0 Å². The highest BCUT2D eigenvalue weighted by molar-refractivity contribution is 5.88. The van der Waals surface area contributed by atoms with Crippen molar-refractivity contribution >= 4 is 5.78 Å². The average Bonchev–Trinajstić information content (AvgIpc) is 2.90. The average molecular weight is 293 g/mol. The fourth-order valence-electron chi connectivity index (χ4n) is 3.15. The molecule has 0 amide bonds. The van der Waals surface area contributed by atoms with Crippen molar-refractivity contribution in [2.24, 2.45) is 5.92 Å². The van der Waals surface area contributed by atoms with Gasteiger partial charge in [0.1, 0.15) is 17.8 Å². The summed E-state index contributed by atoms with van der Waals surface area (Å²) in [5, 5.41) is 4.21. The minimum Gasteiger partial charge on any atom is -0.367 e. The maximum atomic E-state index is 12.9. The van der Waals surface area contributed by atoms with Crippen LogP contribution in [0.1, 0.15) is 65.2 Å². The van der Waals surface area contributed by atoms with E-state index in [4.69, 9.17) is 4.74 Å². The van der Waals surface area contributed by atoms with Gasteiger partial charge in [0.25, 0.3) is 0 Å². The Morgan fingerprint density at radius 3 is 2.71 bits per heavy atom. The summed E-state index contributed by atoms with van der Waals surface area (Å²) in [6.45, 7) is 8.88. The van der Waals surface area contributed by atoms with Crippen molar-refractivity contribution < 1.29 is 9.53 Å². The van der Waals surface area contributed by atoms with E-state index in [1.807, 2.05) is 25.5 Å². The van der Waals surface area contributed by atoms with E-state index in [0.717, 1.165) is 31.5 Å². The van der Waals surface area contributed by atoms with Crippen molar-refractivity contribution in [2.75, 3.05) is 6.61 Å². The molecule has 1 aliphatic carbocycles. The smallest absolute Gasteiger partial charge is 0.172 e. The van der Waals surface area contributed by atoms with Gasteiger partial charge in [-0.1, -0.05) is 6.92 Å². The predicted octanol–water partition coefficient (Wildman–Crippen LogP) is 2.96. The molecule has 0 bridgehead atoms. The fourth-order valence-corrected chi connectivity index (χ4v) is 3.15. The molecule has 5 heteroatoms. The maximum Gasteiger partial charge on any atom is 0.172 e. The van der Waals surface area contributed by atoms with E-state index in [2.05, 4.69) is 17.0 Å². The lowest BCUT2D eigenvalue weighted by Crippen LogP contribution is -2.46. The zero-order chi connectivity index (χ0) is 15.5. The van der Waals surface area contributed by atoms with Crippen LogP contribution >= 0.6 is 0 Å². The Kier molecular flexibility index (Phi) is 5.14. The van der Waals surface area contributed by atoms with E-state index in [1.54, 1.807) is 0 Å². The Balaban J connectivity index is 2.14. The molecule has 2 rings (SSSR count). The third-order valence-corrected chi connectivity index (χ3v) is 4.47. The number of hydrogen-bond donors (Lipinski definition) is 0. The molecule has 1 aliphatic rings. The standard InChI is InChI=1S/C16H27N3O2/c1-5-21-16(8-6-13(4)7-9-16)14(20)10-15-17-11-18-19(15)12(2)3/h11-13H,5-10H2,1-4H3. The van der Waals surface area contributed by atoms with Gasteiger partial charge >= 0.3 is 0 Å². The van der Waals surface area contributed by atoms with Crippen LogP contribution in [-0.4, -0.2) is 32.8 Å². The molecule has 0 spiro atoms. The van der Waals surface area contributed by atoms with Crippen molar-refractivity contribution in [3.05, 3.63) is 12.2 Å². The highest BCUT2D eigenvalue weighted by Crippen LogP contribution is 2.36. The van der Waals surface area contributed by atoms with Gasteiger partial charge in [-0.3, -0.25) is 4.79 Å². The summed E-state index contributed by atoms with van der Waals surface area (Å²) in [7, 11) is 0. The largest absolute Gasteiger partial charge is 0.367 e. The van der Waals surface area contributed by atoms with Crippen LogP contribution < -0.4 is 0 Å². The van der Waals surface area contributed by atoms with Crippen LogP contribution in [0.5, 0.6) is 0 Å². The maximum absolute atomic E-state index is 12.9. The highest BCUT2D eigenvalue weighted by atomic mass is 16.5. The number of ether oxygens (including phenoxy) is 1. The summed E-state index contributed by atoms with van der Waals surface area (Å²) in [4.78, 5) is 17.1. The fraction of sp³-hybridized carbons (Fsp3) is 0.812. The van der Waals surface area contributed by atoms with Crippen molar-refractivity contribution in [3.8, 4) is 0 Å². The normalized spacial score (nSPS) is 26.2. The van der Waals surface area contributed by atoms with Crippen LogP contribution in [0.4, 0.5) is 0 Å². The monoisotopic (exact) mass is 293 g/mol. The summed E-state index contributed by atoms with van der Waals surface area (Å²) >= 11 is 0. The molecular weight excluding hydrogens is 266 g/mol. The molecule has 0 saturated heterocycles. The van der Waals surface area contributed by atoms with Gasteiger partial charge in [0.05, 0.1) is 6.42 Å². The summed E-state index contributed by atoms with van der Waals surface area (Å²) in [5.74, 6) is 1.59. The summed E-state index contributed by atoms with van der Waals surface area (Å²) in [6, 6.07) is 0.213. The minimum absolute atomic E-state index is 0.158. The Hall–Kier alpha value is -1.23. The van der Waals surface area contributed by atoms with Gasteiger partial charge in [-0.05, 0) is 52.4 Å². The lowest BCUT2D eigenvalue weighted by molar-refractivity contribution is -0.149. The van der Waals surface area contributed by atoms with Crippen LogP contribution in [0, 0.1) is 5.92 Å². The van der Waals surface area contributed by atoms with Crippen LogP contribution in [0.25, 0.3) is 0 Å². The Morgan fingerprint density at radius 1 is 1.48 bits per heavy atom. The SMILES string of the molecule is CCOC1(C(=O)Cc2ncnn2C(C)C)CCC(C)CC1. The van der Waals surface area contributed by atoms with Gasteiger partial charge in [0.2, 0.25) is 0 Å². The number of aromatic nitrogens is 3. The van der Waals surface area contributed by atoms with Crippen LogP contribution in [0.15, 0.2) is 6.33 Å². The van der Waals surface area contributed by atoms with Crippen LogP contribution in [0.3, 0.4) is 0 Å². The van der Waals surface area contributed by atoms with Gasteiger partial charge in [0, 0.05) is 12.6 Å². The number of Topliss-reactive ketones (excluding diaryl/α,β-unsaturated/α-hetero) is 1. The van der Waals surface area contributed by atoms with E-state index < -0.39 is 5.60 Å². The van der Waals surface area contributed by atoms with Gasteiger partial charge in [0.15, 0.2) is 5.78 Å². The third-order valence-electron chi connectivity index (χ3n) is 4.47. The second-order valence-corrected chi connectivity index (χ2v) is 6.42. The molecule has 5 nitrogen and oxygen atoms in total.